The Morgan fingerprint density at radius 2 is 1.92 bits per heavy atom. The second-order valence-corrected chi connectivity index (χ2v) is 5.96. The predicted molar refractivity (Wildman–Crippen MR) is 93.0 cm³/mol. The van der Waals surface area contributed by atoms with E-state index in [0.717, 1.165) is 11.1 Å². The summed E-state index contributed by atoms with van der Waals surface area (Å²) in [6.07, 6.45) is 1.38. The summed E-state index contributed by atoms with van der Waals surface area (Å²) < 4.78 is 16.9. The summed E-state index contributed by atoms with van der Waals surface area (Å²) in [6, 6.07) is 15.0. The van der Waals surface area contributed by atoms with Crippen LogP contribution in [0, 0.1) is 6.92 Å². The third-order valence-electron chi connectivity index (χ3n) is 4.08. The van der Waals surface area contributed by atoms with E-state index in [1.54, 1.807) is 12.1 Å². The maximum absolute atomic E-state index is 12.4. The minimum Gasteiger partial charge on any atom is -0.501 e. The monoisotopic (exact) mass is 336 g/mol. The van der Waals surface area contributed by atoms with Gasteiger partial charge in [0.15, 0.2) is 0 Å². The molecule has 25 heavy (non-hydrogen) atoms. The summed E-state index contributed by atoms with van der Waals surface area (Å²) in [5.41, 5.74) is 1.87. The van der Waals surface area contributed by atoms with Crippen LogP contribution in [-0.2, 0) is 15.9 Å². The van der Waals surface area contributed by atoms with Gasteiger partial charge in [0.2, 0.25) is 29.0 Å². The van der Waals surface area contributed by atoms with Crippen molar-refractivity contribution in [2.45, 2.75) is 19.6 Å². The normalized spacial score (nSPS) is 16.4. The molecule has 0 fully saturated rings. The van der Waals surface area contributed by atoms with Crippen LogP contribution in [0.2, 0.25) is 0 Å². The maximum atomic E-state index is 12.4. The van der Waals surface area contributed by atoms with E-state index in [1.807, 2.05) is 43.3 Å². The molecule has 1 atom stereocenters. The topological polar surface area (TPSA) is 68.9 Å². The molecule has 0 radical (unpaired) electrons. The molecule has 4 rings (SSSR count). The van der Waals surface area contributed by atoms with E-state index in [4.69, 9.17) is 13.9 Å². The van der Waals surface area contributed by atoms with Crippen molar-refractivity contribution in [1.29, 1.82) is 0 Å². The zero-order valence-electron chi connectivity index (χ0n) is 13.6. The molecule has 1 unspecified atom stereocenters. The van der Waals surface area contributed by atoms with E-state index in [-0.39, 0.29) is 11.5 Å². The van der Waals surface area contributed by atoms with Crippen LogP contribution >= 0.6 is 0 Å². The summed E-state index contributed by atoms with van der Waals surface area (Å²) >= 11 is 0. The fourth-order valence-corrected chi connectivity index (χ4v) is 2.80. The molecule has 0 spiro atoms. The van der Waals surface area contributed by atoms with Gasteiger partial charge in [0.1, 0.15) is 11.8 Å². The summed E-state index contributed by atoms with van der Waals surface area (Å²) in [5, 5.41) is 10.6. The van der Waals surface area contributed by atoms with E-state index >= 15 is 0 Å². The van der Waals surface area contributed by atoms with Crippen molar-refractivity contribution in [3.8, 4) is 5.75 Å². The van der Waals surface area contributed by atoms with Gasteiger partial charge in [-0.2, -0.15) is 0 Å². The molecule has 126 valence electrons. The largest absolute Gasteiger partial charge is 0.501 e. The lowest BCUT2D eigenvalue weighted by molar-refractivity contribution is -0.0145. The molecule has 0 amide bonds. The van der Waals surface area contributed by atoms with Gasteiger partial charge in [0.25, 0.3) is 0 Å². The third kappa shape index (κ3) is 2.85. The quantitative estimate of drug-likeness (QED) is 0.789. The highest BCUT2D eigenvalue weighted by Crippen LogP contribution is 2.32. The van der Waals surface area contributed by atoms with E-state index in [0.29, 0.717) is 17.4 Å². The highest BCUT2D eigenvalue weighted by molar-refractivity contribution is 5.81. The second kappa shape index (κ2) is 6.02. The number of ether oxygens (including phenoxy) is 2. The fourth-order valence-electron chi connectivity index (χ4n) is 2.80. The Hall–Kier alpha value is -3.21. The maximum Gasteiger partial charge on any atom is 0.244 e. The van der Waals surface area contributed by atoms with Crippen molar-refractivity contribution in [2.24, 2.45) is 0 Å². The molecule has 2 aromatic carbocycles. The van der Waals surface area contributed by atoms with Crippen molar-refractivity contribution in [3.05, 3.63) is 81.9 Å². The zero-order valence-corrected chi connectivity index (χ0v) is 13.6. The second-order valence-electron chi connectivity index (χ2n) is 5.96. The van der Waals surface area contributed by atoms with Crippen molar-refractivity contribution >= 4 is 16.7 Å². The molecule has 2 heterocycles. The van der Waals surface area contributed by atoms with Gasteiger partial charge in [-0.05, 0) is 24.6 Å². The third-order valence-corrected chi connectivity index (χ3v) is 4.08. The number of rotatable bonds is 3. The molecule has 0 saturated carbocycles. The Bertz CT molecular complexity index is 1020. The number of hydrogen-bond acceptors (Lipinski definition) is 5. The minimum absolute atomic E-state index is 0.0167. The SMILES string of the molecule is Cc1ccc2oc(C3=COC(Cc4ccccc4)O3)c(O)c(=O)c2c1. The first-order valence-corrected chi connectivity index (χ1v) is 7.95. The Kier molecular flexibility index (Phi) is 3.69. The Morgan fingerprint density at radius 3 is 2.72 bits per heavy atom. The number of aromatic hydroxyl groups is 1. The highest BCUT2D eigenvalue weighted by atomic mass is 16.7. The molecule has 1 aliphatic rings. The number of benzene rings is 2. The lowest BCUT2D eigenvalue weighted by atomic mass is 10.1. The highest BCUT2D eigenvalue weighted by Gasteiger charge is 2.27. The van der Waals surface area contributed by atoms with Crippen LogP contribution in [0.4, 0.5) is 0 Å². The summed E-state index contributed by atoms with van der Waals surface area (Å²) in [6.45, 7) is 1.87. The van der Waals surface area contributed by atoms with Crippen molar-refractivity contribution in [2.75, 3.05) is 0 Å². The number of fused-ring (bicyclic) bond motifs is 1. The van der Waals surface area contributed by atoms with Crippen LogP contribution in [0.5, 0.6) is 5.75 Å². The smallest absolute Gasteiger partial charge is 0.244 e. The van der Waals surface area contributed by atoms with Crippen LogP contribution in [0.3, 0.4) is 0 Å². The van der Waals surface area contributed by atoms with Crippen molar-refractivity contribution in [1.82, 2.24) is 0 Å². The number of hydrogen-bond donors (Lipinski definition) is 1. The molecular weight excluding hydrogens is 320 g/mol. The van der Waals surface area contributed by atoms with Crippen LogP contribution in [0.15, 0.2) is 64.0 Å². The van der Waals surface area contributed by atoms with Gasteiger partial charge < -0.3 is 19.0 Å². The molecule has 0 aliphatic carbocycles. The summed E-state index contributed by atoms with van der Waals surface area (Å²) in [4.78, 5) is 12.4. The first-order valence-electron chi connectivity index (χ1n) is 7.95. The van der Waals surface area contributed by atoms with Gasteiger partial charge in [0, 0.05) is 6.42 Å². The number of aryl methyl sites for hydroxylation is 1. The Labute approximate surface area is 143 Å². The first kappa shape index (κ1) is 15.3. The molecule has 3 aromatic rings. The van der Waals surface area contributed by atoms with E-state index in [9.17, 15) is 9.90 Å². The molecule has 1 N–H and O–H groups in total. The van der Waals surface area contributed by atoms with Gasteiger partial charge in [-0.15, -0.1) is 0 Å². The average molecular weight is 336 g/mol. The van der Waals surface area contributed by atoms with E-state index in [2.05, 4.69) is 0 Å². The summed E-state index contributed by atoms with van der Waals surface area (Å²) in [5.74, 6) is -0.289. The van der Waals surface area contributed by atoms with Crippen LogP contribution < -0.4 is 5.43 Å². The molecule has 5 heteroatoms. The van der Waals surface area contributed by atoms with Crippen LogP contribution in [0.25, 0.3) is 16.7 Å². The molecule has 1 aliphatic heterocycles. The van der Waals surface area contributed by atoms with Crippen molar-refractivity contribution in [3.63, 3.8) is 0 Å². The lowest BCUT2D eigenvalue weighted by Crippen LogP contribution is -2.12. The molecule has 0 bridgehead atoms. The van der Waals surface area contributed by atoms with E-state index < -0.39 is 17.5 Å². The predicted octanol–water partition coefficient (Wildman–Crippen LogP) is 3.72. The average Bonchev–Trinajstić information content (AvgIpc) is 3.07. The Morgan fingerprint density at radius 1 is 1.12 bits per heavy atom. The van der Waals surface area contributed by atoms with Crippen LogP contribution in [0.1, 0.15) is 16.9 Å². The van der Waals surface area contributed by atoms with Crippen molar-refractivity contribution < 1.29 is 19.0 Å². The molecular formula is C20H16O5. The standard InChI is InChI=1S/C20H16O5/c1-12-7-8-15-14(9-12)18(21)19(22)20(25-15)16-11-23-17(24-16)10-13-5-3-2-4-6-13/h2-9,11,17,22H,10H2,1H3. The van der Waals surface area contributed by atoms with Gasteiger partial charge in [-0.3, -0.25) is 4.79 Å². The Balaban J connectivity index is 1.63. The molecule has 5 nitrogen and oxygen atoms in total. The molecule has 0 saturated heterocycles. The first-order chi connectivity index (χ1) is 12.1. The van der Waals surface area contributed by atoms with Gasteiger partial charge >= 0.3 is 0 Å². The van der Waals surface area contributed by atoms with Gasteiger partial charge in [-0.1, -0.05) is 42.0 Å². The fraction of sp³-hybridized carbons (Fsp3) is 0.150. The zero-order chi connectivity index (χ0) is 17.4. The lowest BCUT2D eigenvalue weighted by Gasteiger charge is -2.12. The van der Waals surface area contributed by atoms with Gasteiger partial charge in [-0.25, -0.2) is 0 Å². The minimum atomic E-state index is -0.532. The van der Waals surface area contributed by atoms with Gasteiger partial charge in [0.05, 0.1) is 5.39 Å². The van der Waals surface area contributed by atoms with Crippen LogP contribution in [-0.4, -0.2) is 11.4 Å². The van der Waals surface area contributed by atoms with E-state index in [1.165, 1.54) is 6.26 Å². The molecule has 1 aromatic heterocycles. The summed E-state index contributed by atoms with van der Waals surface area (Å²) in [7, 11) is 0.